The maximum absolute atomic E-state index is 13.8. The zero-order valence-corrected chi connectivity index (χ0v) is 23.1. The second kappa shape index (κ2) is 9.78. The molecular formula is C31H23ClN2O6S. The normalized spacial score (nSPS) is 26.9. The first-order valence-corrected chi connectivity index (χ1v) is 14.6. The third-order valence-corrected chi connectivity index (χ3v) is 9.71. The molecule has 5 aliphatic rings. The van der Waals surface area contributed by atoms with Crippen LogP contribution in [0.4, 0.5) is 0 Å². The van der Waals surface area contributed by atoms with E-state index in [1.807, 2.05) is 0 Å². The van der Waals surface area contributed by atoms with Gasteiger partial charge in [0.05, 0.1) is 11.8 Å². The molecule has 3 aromatic rings. The van der Waals surface area contributed by atoms with Gasteiger partial charge in [-0.05, 0) is 90.1 Å². The summed E-state index contributed by atoms with van der Waals surface area (Å²) in [4.78, 5) is 67.5. The number of hydrazine groups is 1. The molecule has 0 N–H and O–H groups in total. The summed E-state index contributed by atoms with van der Waals surface area (Å²) in [6.45, 7) is -0.525. The van der Waals surface area contributed by atoms with Gasteiger partial charge >= 0.3 is 5.97 Å². The first-order valence-electron chi connectivity index (χ1n) is 13.3. The van der Waals surface area contributed by atoms with E-state index in [4.69, 9.17) is 16.3 Å². The number of ketones is 1. The molecule has 0 spiro atoms. The molecule has 8 nitrogen and oxygen atoms in total. The van der Waals surface area contributed by atoms with Gasteiger partial charge in [-0.2, -0.15) is 5.01 Å². The minimum Gasteiger partial charge on any atom is -0.422 e. The lowest BCUT2D eigenvalue weighted by Gasteiger charge is -2.37. The maximum atomic E-state index is 13.8. The Hall–Kier alpha value is -4.08. The predicted octanol–water partition coefficient (Wildman–Crippen LogP) is 4.91. The lowest BCUT2D eigenvalue weighted by Crippen LogP contribution is -2.52. The summed E-state index contributed by atoms with van der Waals surface area (Å²) in [6.07, 6.45) is 5.12. The topological polar surface area (TPSA) is 101 Å². The van der Waals surface area contributed by atoms with Crippen LogP contribution in [0.2, 0.25) is 5.02 Å². The zero-order chi connectivity index (χ0) is 28.4. The van der Waals surface area contributed by atoms with Gasteiger partial charge in [-0.15, -0.1) is 11.3 Å². The summed E-state index contributed by atoms with van der Waals surface area (Å²) in [7, 11) is 0. The fourth-order valence-corrected chi connectivity index (χ4v) is 7.37. The number of thiophene rings is 1. The van der Waals surface area contributed by atoms with Crippen LogP contribution in [0.25, 0.3) is 0 Å². The molecule has 1 aliphatic heterocycles. The fourth-order valence-electron chi connectivity index (χ4n) is 6.64. The van der Waals surface area contributed by atoms with Gasteiger partial charge in [0.1, 0.15) is 17.2 Å². The number of halogens is 1. The van der Waals surface area contributed by atoms with Crippen molar-refractivity contribution in [2.24, 2.45) is 35.5 Å². The van der Waals surface area contributed by atoms with Crippen molar-refractivity contribution in [3.05, 3.63) is 99.2 Å². The van der Waals surface area contributed by atoms with Gasteiger partial charge in [0.25, 0.3) is 17.7 Å². The van der Waals surface area contributed by atoms with Crippen LogP contribution in [0.5, 0.6) is 5.75 Å². The van der Waals surface area contributed by atoms with Crippen molar-refractivity contribution in [2.75, 3.05) is 6.54 Å². The summed E-state index contributed by atoms with van der Waals surface area (Å²) in [5.74, 6) is -2.54. The van der Waals surface area contributed by atoms with Crippen LogP contribution in [0.1, 0.15) is 36.8 Å². The first kappa shape index (κ1) is 25.9. The third kappa shape index (κ3) is 4.31. The molecule has 0 unspecified atom stereocenters. The number of allylic oxidation sites excluding steroid dienone is 2. The average Bonchev–Trinajstić information content (AvgIpc) is 3.55. The van der Waals surface area contributed by atoms with Crippen molar-refractivity contribution in [3.8, 4) is 5.75 Å². The quantitative estimate of drug-likeness (QED) is 0.128. The van der Waals surface area contributed by atoms with E-state index in [1.54, 1.807) is 17.5 Å². The van der Waals surface area contributed by atoms with E-state index in [9.17, 15) is 24.0 Å². The van der Waals surface area contributed by atoms with E-state index in [1.165, 1.54) is 59.9 Å². The Morgan fingerprint density at radius 3 is 2.07 bits per heavy atom. The fraction of sp³-hybridized carbons (Fsp3) is 0.258. The number of ether oxygens (including phenoxy) is 1. The number of hydrogen-bond donors (Lipinski definition) is 0. The SMILES string of the molecule is O=C(CN(C(=O)c1ccc(Cl)cc1)N1C(=O)[C@@H]2[C@H]3C=C[C@@H]([C@@H]4C[C@@H]34)[C@H]2C1=O)c1ccc(OC(=O)c2cccs2)cc1. The molecule has 8 rings (SSSR count). The molecule has 0 radical (unpaired) electrons. The summed E-state index contributed by atoms with van der Waals surface area (Å²) in [5.41, 5.74) is 0.423. The van der Waals surface area contributed by atoms with Crippen molar-refractivity contribution in [3.63, 3.8) is 0 Å². The molecule has 4 aliphatic carbocycles. The minimum atomic E-state index is -0.651. The molecule has 1 aromatic heterocycles. The van der Waals surface area contributed by atoms with Gasteiger partial charge in [-0.25, -0.2) is 9.80 Å². The second-order valence-corrected chi connectivity index (χ2v) is 12.2. The number of imide groups is 1. The summed E-state index contributed by atoms with van der Waals surface area (Å²) in [5, 5.41) is 4.08. The molecule has 2 aromatic carbocycles. The van der Waals surface area contributed by atoms with E-state index < -0.39 is 47.9 Å². The average molecular weight is 587 g/mol. The number of carbonyl (C=O) groups is 5. The van der Waals surface area contributed by atoms with Crippen molar-refractivity contribution >= 4 is 52.4 Å². The molecule has 6 atom stereocenters. The van der Waals surface area contributed by atoms with E-state index in [0.717, 1.165) is 16.4 Å². The number of hydrogen-bond acceptors (Lipinski definition) is 7. The standard InChI is InChI=1S/C31H23ClN2O6S/c32-18-7-3-17(4-8-18)28(36)33(34-29(37)26-20-11-12-21(23-14-22(20)23)27(26)30(34)38)15-24(35)16-5-9-19(10-6-16)40-31(39)25-2-1-13-41-25/h1-13,20-23,26-27H,14-15H2/t20-,21-,22-,23-,26+,27+/m0/s1. The number of benzene rings is 2. The highest BCUT2D eigenvalue weighted by atomic mass is 35.5. The lowest BCUT2D eigenvalue weighted by atomic mass is 9.63. The summed E-state index contributed by atoms with van der Waals surface area (Å²) >= 11 is 7.27. The number of nitrogens with zero attached hydrogens (tertiary/aromatic N) is 2. The largest absolute Gasteiger partial charge is 0.422 e. The van der Waals surface area contributed by atoms with Crippen LogP contribution in [0, 0.1) is 35.5 Å². The Bertz CT molecular complexity index is 1580. The Kier molecular flexibility index (Phi) is 6.17. The van der Waals surface area contributed by atoms with Crippen molar-refractivity contribution in [1.82, 2.24) is 10.0 Å². The highest BCUT2D eigenvalue weighted by Crippen LogP contribution is 2.65. The van der Waals surface area contributed by atoms with E-state index in [-0.39, 0.29) is 28.7 Å². The smallest absolute Gasteiger partial charge is 0.353 e. The van der Waals surface area contributed by atoms with Crippen LogP contribution in [-0.4, -0.2) is 46.0 Å². The number of esters is 1. The molecule has 2 heterocycles. The van der Waals surface area contributed by atoms with Crippen molar-refractivity contribution in [1.29, 1.82) is 0 Å². The summed E-state index contributed by atoms with van der Waals surface area (Å²) < 4.78 is 5.36. The maximum Gasteiger partial charge on any atom is 0.353 e. The minimum absolute atomic E-state index is 0.0240. The third-order valence-electron chi connectivity index (χ3n) is 8.61. The van der Waals surface area contributed by atoms with Gasteiger partial charge in [0.15, 0.2) is 5.78 Å². The Balaban J connectivity index is 1.15. The second-order valence-electron chi connectivity index (χ2n) is 10.8. The highest BCUT2D eigenvalue weighted by Gasteiger charge is 2.68. The zero-order valence-electron chi connectivity index (χ0n) is 21.5. The number of rotatable bonds is 7. The molecule has 2 saturated carbocycles. The molecular weight excluding hydrogens is 564 g/mol. The van der Waals surface area contributed by atoms with Gasteiger partial charge < -0.3 is 4.74 Å². The molecule has 10 heteroatoms. The van der Waals surface area contributed by atoms with Gasteiger partial charge in [-0.3, -0.25) is 19.2 Å². The molecule has 3 amide bonds. The predicted molar refractivity (Wildman–Crippen MR) is 149 cm³/mol. The Morgan fingerprint density at radius 1 is 0.878 bits per heavy atom. The van der Waals surface area contributed by atoms with Crippen LogP contribution >= 0.6 is 22.9 Å². The van der Waals surface area contributed by atoms with Crippen molar-refractivity contribution in [2.45, 2.75) is 6.42 Å². The van der Waals surface area contributed by atoms with Crippen LogP contribution in [0.3, 0.4) is 0 Å². The Labute approximate surface area is 244 Å². The van der Waals surface area contributed by atoms with Gasteiger partial charge in [0.2, 0.25) is 0 Å². The van der Waals surface area contributed by atoms with E-state index >= 15 is 0 Å². The van der Waals surface area contributed by atoms with E-state index in [2.05, 4.69) is 12.2 Å². The molecule has 2 bridgehead atoms. The van der Waals surface area contributed by atoms with Crippen molar-refractivity contribution < 1.29 is 28.7 Å². The lowest BCUT2D eigenvalue weighted by molar-refractivity contribution is -0.154. The molecule has 1 saturated heterocycles. The first-order chi connectivity index (χ1) is 19.8. The van der Waals surface area contributed by atoms with Crippen LogP contribution in [-0.2, 0) is 9.59 Å². The van der Waals surface area contributed by atoms with Gasteiger partial charge in [0, 0.05) is 16.1 Å². The Morgan fingerprint density at radius 2 is 1.49 bits per heavy atom. The number of Topliss-reactive ketones (excluding diaryl/α,β-unsaturated/α-hetero) is 1. The summed E-state index contributed by atoms with van der Waals surface area (Å²) in [6, 6.07) is 15.4. The highest BCUT2D eigenvalue weighted by molar-refractivity contribution is 7.12. The number of carbonyl (C=O) groups excluding carboxylic acids is 5. The van der Waals surface area contributed by atoms with Crippen LogP contribution in [0.15, 0.2) is 78.2 Å². The van der Waals surface area contributed by atoms with E-state index in [0.29, 0.717) is 21.7 Å². The monoisotopic (exact) mass is 586 g/mol. The number of amides is 3. The molecule has 3 fully saturated rings. The molecule has 41 heavy (non-hydrogen) atoms. The van der Waals surface area contributed by atoms with Crippen LogP contribution < -0.4 is 4.74 Å². The van der Waals surface area contributed by atoms with Gasteiger partial charge in [-0.1, -0.05) is 29.8 Å². The molecule has 206 valence electrons.